The Morgan fingerprint density at radius 3 is 2.50 bits per heavy atom. The molecule has 4 heterocycles. The summed E-state index contributed by atoms with van der Waals surface area (Å²) in [6.45, 7) is 0. The molecule has 2 aromatic heterocycles. The van der Waals surface area contributed by atoms with Crippen molar-refractivity contribution in [1.82, 2.24) is 24.6 Å². The molecule has 154 valence electrons. The van der Waals surface area contributed by atoms with Crippen LogP contribution in [0.2, 0.25) is 0 Å². The van der Waals surface area contributed by atoms with Gasteiger partial charge in [-0.3, -0.25) is 9.48 Å². The minimum atomic E-state index is -1.49. The fraction of sp³-hybridized carbons (Fsp3) is 0.333. The predicted octanol–water partition coefficient (Wildman–Crippen LogP) is 3.59. The summed E-state index contributed by atoms with van der Waals surface area (Å²) in [5.74, 6) is -4.12. The van der Waals surface area contributed by atoms with Crippen molar-refractivity contribution in [3.8, 4) is 11.3 Å². The molecule has 30 heavy (non-hydrogen) atoms. The quantitative estimate of drug-likeness (QED) is 0.603. The Labute approximate surface area is 170 Å². The van der Waals surface area contributed by atoms with Crippen LogP contribution in [0.5, 0.6) is 0 Å². The molecule has 3 aromatic rings. The summed E-state index contributed by atoms with van der Waals surface area (Å²) < 4.78 is 42.8. The highest BCUT2D eigenvalue weighted by Gasteiger charge is 2.43. The third-order valence-electron chi connectivity index (χ3n) is 5.98. The lowest BCUT2D eigenvalue weighted by Gasteiger charge is -2.45. The molecule has 0 N–H and O–H groups in total. The average Bonchev–Trinajstić information content (AvgIpc) is 3.07. The van der Waals surface area contributed by atoms with Crippen LogP contribution in [0.25, 0.3) is 11.3 Å². The minimum absolute atomic E-state index is 0.0675. The van der Waals surface area contributed by atoms with Gasteiger partial charge in [-0.25, -0.2) is 23.1 Å². The van der Waals surface area contributed by atoms with Crippen molar-refractivity contribution < 1.29 is 18.0 Å². The molecule has 2 aliphatic heterocycles. The van der Waals surface area contributed by atoms with Crippen LogP contribution >= 0.6 is 0 Å². The van der Waals surface area contributed by atoms with Crippen molar-refractivity contribution >= 4 is 5.91 Å². The van der Waals surface area contributed by atoms with E-state index in [1.54, 1.807) is 11.7 Å². The number of amides is 1. The Kier molecular flexibility index (Phi) is 4.34. The summed E-state index contributed by atoms with van der Waals surface area (Å²) >= 11 is 0. The van der Waals surface area contributed by atoms with E-state index < -0.39 is 17.5 Å². The zero-order valence-electron chi connectivity index (χ0n) is 16.1. The van der Waals surface area contributed by atoms with Crippen molar-refractivity contribution in [2.45, 2.75) is 37.8 Å². The van der Waals surface area contributed by atoms with Crippen LogP contribution in [-0.2, 0) is 13.5 Å². The minimum Gasteiger partial charge on any atom is -0.327 e. The third-order valence-corrected chi connectivity index (χ3v) is 5.98. The molecule has 0 radical (unpaired) electrons. The molecule has 1 saturated heterocycles. The van der Waals surface area contributed by atoms with Crippen molar-refractivity contribution in [2.75, 3.05) is 0 Å². The molecular weight excluding hydrogens is 395 g/mol. The number of carbonyl (C=O) groups is 1. The van der Waals surface area contributed by atoms with Crippen LogP contribution in [-0.4, -0.2) is 36.6 Å². The molecule has 6 nitrogen and oxygen atoms in total. The molecule has 2 unspecified atom stereocenters. The summed E-state index contributed by atoms with van der Waals surface area (Å²) in [5, 5.41) is 4.61. The molecule has 1 fully saturated rings. The number of hydrogen-bond donors (Lipinski definition) is 0. The van der Waals surface area contributed by atoms with E-state index in [1.807, 2.05) is 4.90 Å². The lowest BCUT2D eigenvalue weighted by Crippen LogP contribution is -2.49. The number of hydrogen-bond acceptors (Lipinski definition) is 4. The number of benzene rings is 1. The highest BCUT2D eigenvalue weighted by molar-refractivity contribution is 5.94. The van der Waals surface area contributed by atoms with Gasteiger partial charge in [-0.2, -0.15) is 5.10 Å². The maximum atomic E-state index is 13.9. The van der Waals surface area contributed by atoms with E-state index in [0.29, 0.717) is 17.7 Å². The largest absolute Gasteiger partial charge is 0.327 e. The first-order valence-electron chi connectivity index (χ1n) is 9.74. The topological polar surface area (TPSA) is 63.9 Å². The molecule has 0 spiro atoms. The van der Waals surface area contributed by atoms with Crippen LogP contribution in [0.15, 0.2) is 30.9 Å². The summed E-state index contributed by atoms with van der Waals surface area (Å²) in [6.07, 6.45) is 7.38. The van der Waals surface area contributed by atoms with Crippen LogP contribution in [0.1, 0.15) is 46.9 Å². The number of aromatic nitrogens is 4. The zero-order valence-corrected chi connectivity index (χ0v) is 16.1. The molecule has 0 aliphatic carbocycles. The van der Waals surface area contributed by atoms with Gasteiger partial charge < -0.3 is 4.90 Å². The number of carbonyl (C=O) groups excluding carboxylic acids is 1. The summed E-state index contributed by atoms with van der Waals surface area (Å²) in [4.78, 5) is 22.9. The van der Waals surface area contributed by atoms with Gasteiger partial charge in [0.2, 0.25) is 0 Å². The first-order valence-corrected chi connectivity index (χ1v) is 9.74. The van der Waals surface area contributed by atoms with Crippen LogP contribution in [0, 0.1) is 17.5 Å². The van der Waals surface area contributed by atoms with E-state index in [0.717, 1.165) is 42.7 Å². The monoisotopic (exact) mass is 413 g/mol. The number of halogens is 3. The number of rotatable bonds is 2. The third kappa shape index (κ3) is 2.79. The second kappa shape index (κ2) is 6.93. The number of piperidine rings is 1. The Balaban J connectivity index is 1.60. The van der Waals surface area contributed by atoms with Crippen molar-refractivity contribution in [3.63, 3.8) is 0 Å². The van der Waals surface area contributed by atoms with Gasteiger partial charge in [-0.05, 0) is 37.8 Å². The van der Waals surface area contributed by atoms with Gasteiger partial charge >= 0.3 is 0 Å². The van der Waals surface area contributed by atoms with Gasteiger partial charge in [-0.1, -0.05) is 0 Å². The molecule has 1 aromatic carbocycles. The van der Waals surface area contributed by atoms with Gasteiger partial charge in [0.1, 0.15) is 6.33 Å². The van der Waals surface area contributed by atoms with Gasteiger partial charge in [0, 0.05) is 36.6 Å². The molecule has 0 saturated carbocycles. The van der Waals surface area contributed by atoms with Gasteiger partial charge in [0.25, 0.3) is 5.91 Å². The molecule has 9 heteroatoms. The van der Waals surface area contributed by atoms with Gasteiger partial charge in [0.05, 0.1) is 23.0 Å². The number of nitrogens with zero attached hydrogens (tertiary/aromatic N) is 5. The molecular formula is C21H18F3N5O. The predicted molar refractivity (Wildman–Crippen MR) is 101 cm³/mol. The Bertz CT molecular complexity index is 1120. The summed E-state index contributed by atoms with van der Waals surface area (Å²) in [5.41, 5.74) is 2.77. The van der Waals surface area contributed by atoms with Crippen LogP contribution in [0.4, 0.5) is 13.2 Å². The van der Waals surface area contributed by atoms with E-state index in [2.05, 4.69) is 15.1 Å². The SMILES string of the molecule is Cn1nc2c(c1-c1cc(F)c(F)c(F)c1)CC1CCCC2N1C(=O)c1cncnc1. The van der Waals surface area contributed by atoms with Gasteiger partial charge in [-0.15, -0.1) is 0 Å². The first kappa shape index (κ1) is 18.8. The zero-order chi connectivity index (χ0) is 21.0. The first-order chi connectivity index (χ1) is 14.5. The molecule has 2 bridgehead atoms. The second-order valence-corrected chi connectivity index (χ2v) is 7.73. The lowest BCUT2D eigenvalue weighted by molar-refractivity contribution is 0.0391. The standard InChI is InChI=1S/C21H18F3N5O/c1-28-20(11-5-15(22)18(24)16(23)6-11)14-7-13-3-2-4-17(19(14)27-28)29(13)21(30)12-8-25-10-26-9-12/h5-6,8-10,13,17H,2-4,7H2,1H3. The fourth-order valence-corrected chi connectivity index (χ4v) is 4.76. The Morgan fingerprint density at radius 1 is 1.10 bits per heavy atom. The van der Waals surface area contributed by atoms with E-state index >= 15 is 0 Å². The second-order valence-electron chi connectivity index (χ2n) is 7.73. The number of aryl methyl sites for hydroxylation is 1. The van der Waals surface area contributed by atoms with E-state index in [1.165, 1.54) is 18.7 Å². The average molecular weight is 413 g/mol. The maximum Gasteiger partial charge on any atom is 0.257 e. The smallest absolute Gasteiger partial charge is 0.257 e. The van der Waals surface area contributed by atoms with E-state index in [9.17, 15) is 18.0 Å². The van der Waals surface area contributed by atoms with Crippen molar-refractivity contribution in [2.24, 2.45) is 7.05 Å². The molecule has 5 rings (SSSR count). The van der Waals surface area contributed by atoms with E-state index in [-0.39, 0.29) is 23.6 Å². The summed E-state index contributed by atoms with van der Waals surface area (Å²) in [6, 6.07) is 1.67. The molecule has 1 amide bonds. The summed E-state index contributed by atoms with van der Waals surface area (Å²) in [7, 11) is 1.69. The highest BCUT2D eigenvalue weighted by Crippen LogP contribution is 2.45. The lowest BCUT2D eigenvalue weighted by atomic mass is 9.81. The Hall–Kier alpha value is -3.23. The fourth-order valence-electron chi connectivity index (χ4n) is 4.76. The van der Waals surface area contributed by atoms with Crippen molar-refractivity contribution in [1.29, 1.82) is 0 Å². The maximum absolute atomic E-state index is 13.9. The Morgan fingerprint density at radius 2 is 1.80 bits per heavy atom. The van der Waals surface area contributed by atoms with E-state index in [4.69, 9.17) is 0 Å². The van der Waals surface area contributed by atoms with Crippen LogP contribution in [0.3, 0.4) is 0 Å². The molecule has 2 atom stereocenters. The van der Waals surface area contributed by atoms with Crippen LogP contribution < -0.4 is 0 Å². The molecule has 2 aliphatic rings. The van der Waals surface area contributed by atoms with Crippen molar-refractivity contribution in [3.05, 3.63) is 65.1 Å². The highest BCUT2D eigenvalue weighted by atomic mass is 19.2. The van der Waals surface area contributed by atoms with Gasteiger partial charge in [0.15, 0.2) is 17.5 Å². The normalized spacial score (nSPS) is 20.2. The number of fused-ring (bicyclic) bond motifs is 4.